The first-order chi connectivity index (χ1) is 8.13. The fraction of sp³-hybridized carbons (Fsp3) is 0.833. The molecule has 0 spiro atoms. The van der Waals surface area contributed by atoms with Gasteiger partial charge < -0.3 is 9.84 Å². The zero-order valence-corrected chi connectivity index (χ0v) is 13.0. The zero-order valence-electron chi connectivity index (χ0n) is 12.0. The van der Waals surface area contributed by atoms with Gasteiger partial charge in [0.25, 0.3) is 0 Å². The number of aliphatic carboxylic acids is 1. The summed E-state index contributed by atoms with van der Waals surface area (Å²) in [6.07, 6.45) is 0.264. The molecule has 1 atom stereocenters. The summed E-state index contributed by atoms with van der Waals surface area (Å²) in [6.45, 7) is 7.09. The maximum Gasteiger partial charge on any atom is 0.323 e. The fourth-order valence-corrected chi connectivity index (χ4v) is 2.12. The van der Waals surface area contributed by atoms with Crippen molar-refractivity contribution in [3.63, 3.8) is 0 Å². The Bertz CT molecular complexity index is 286. The van der Waals surface area contributed by atoms with Crippen LogP contribution in [-0.2, 0) is 14.3 Å². The van der Waals surface area contributed by atoms with Gasteiger partial charge in [0.15, 0.2) is 0 Å². The highest BCUT2D eigenvalue weighted by Crippen LogP contribution is 2.10. The van der Waals surface area contributed by atoms with E-state index in [1.165, 1.54) is 0 Å². The molecule has 0 amide bonds. The molecule has 0 heterocycles. The monoisotopic (exact) mass is 275 g/mol. The molecule has 0 aromatic carbocycles. The van der Waals surface area contributed by atoms with Crippen molar-refractivity contribution in [1.29, 1.82) is 0 Å². The molecule has 0 aliphatic rings. The maximum atomic E-state index is 11.8. The number of carboxylic acids is 1. The van der Waals surface area contributed by atoms with E-state index in [1.54, 1.807) is 19.0 Å². The van der Waals surface area contributed by atoms with Gasteiger partial charge in [0.05, 0.1) is 6.61 Å². The SMILES string of the molecule is CN(C)[C@@H](CCC(=O)O)C(=O)OCC[Si](C)(C)C. The number of hydrogen-bond donors (Lipinski definition) is 1. The first-order valence-electron chi connectivity index (χ1n) is 6.18. The average molecular weight is 275 g/mol. The van der Waals surface area contributed by atoms with Gasteiger partial charge in [0.2, 0.25) is 0 Å². The number of esters is 1. The smallest absolute Gasteiger partial charge is 0.323 e. The summed E-state index contributed by atoms with van der Waals surface area (Å²) in [5.74, 6) is -1.21. The summed E-state index contributed by atoms with van der Waals surface area (Å²) in [4.78, 5) is 24.1. The van der Waals surface area contributed by atoms with Crippen molar-refractivity contribution < 1.29 is 19.4 Å². The Balaban J connectivity index is 4.19. The van der Waals surface area contributed by atoms with Crippen LogP contribution in [0.2, 0.25) is 25.7 Å². The van der Waals surface area contributed by atoms with Crippen molar-refractivity contribution in [3.8, 4) is 0 Å². The molecule has 18 heavy (non-hydrogen) atoms. The van der Waals surface area contributed by atoms with E-state index in [4.69, 9.17) is 9.84 Å². The van der Waals surface area contributed by atoms with Gasteiger partial charge in [0, 0.05) is 14.5 Å². The predicted molar refractivity (Wildman–Crippen MR) is 73.5 cm³/mol. The van der Waals surface area contributed by atoms with Crippen molar-refractivity contribution in [2.45, 2.75) is 44.6 Å². The van der Waals surface area contributed by atoms with Crippen LogP contribution in [0.4, 0.5) is 0 Å². The van der Waals surface area contributed by atoms with Gasteiger partial charge in [-0.25, -0.2) is 0 Å². The van der Waals surface area contributed by atoms with Crippen LogP contribution in [0.15, 0.2) is 0 Å². The molecule has 0 radical (unpaired) electrons. The third kappa shape index (κ3) is 8.24. The fourth-order valence-electron chi connectivity index (χ4n) is 1.40. The second kappa shape index (κ2) is 7.53. The first-order valence-corrected chi connectivity index (χ1v) is 9.89. The maximum absolute atomic E-state index is 11.8. The van der Waals surface area contributed by atoms with Crippen LogP contribution >= 0.6 is 0 Å². The molecule has 0 fully saturated rings. The van der Waals surface area contributed by atoms with Crippen molar-refractivity contribution in [2.75, 3.05) is 20.7 Å². The van der Waals surface area contributed by atoms with Crippen LogP contribution in [0.1, 0.15) is 12.8 Å². The van der Waals surface area contributed by atoms with Gasteiger partial charge in [0.1, 0.15) is 6.04 Å². The summed E-state index contributed by atoms with van der Waals surface area (Å²) in [5.41, 5.74) is 0. The molecular weight excluding hydrogens is 250 g/mol. The number of ether oxygens (including phenoxy) is 1. The molecule has 0 aliphatic carbocycles. The Hall–Kier alpha value is -0.883. The number of carboxylic acid groups (broad SMARTS) is 1. The molecule has 0 aromatic heterocycles. The molecule has 0 aliphatic heterocycles. The molecule has 0 saturated heterocycles. The summed E-state index contributed by atoms with van der Waals surface area (Å²) >= 11 is 0. The number of nitrogens with zero attached hydrogens (tertiary/aromatic N) is 1. The number of rotatable bonds is 8. The van der Waals surface area contributed by atoms with E-state index < -0.39 is 20.1 Å². The van der Waals surface area contributed by atoms with Crippen LogP contribution in [0.3, 0.4) is 0 Å². The Labute approximate surface area is 110 Å². The highest BCUT2D eigenvalue weighted by Gasteiger charge is 2.24. The lowest BCUT2D eigenvalue weighted by atomic mass is 10.1. The second-order valence-electron chi connectivity index (χ2n) is 5.89. The van der Waals surface area contributed by atoms with Gasteiger partial charge in [-0.2, -0.15) is 0 Å². The van der Waals surface area contributed by atoms with Crippen molar-refractivity contribution in [1.82, 2.24) is 4.90 Å². The number of hydrogen-bond acceptors (Lipinski definition) is 4. The minimum absolute atomic E-state index is 0.0219. The van der Waals surface area contributed by atoms with Crippen molar-refractivity contribution >= 4 is 20.0 Å². The minimum Gasteiger partial charge on any atom is -0.481 e. The highest BCUT2D eigenvalue weighted by atomic mass is 28.3. The topological polar surface area (TPSA) is 66.8 Å². The summed E-state index contributed by atoms with van der Waals surface area (Å²) in [6, 6.07) is 0.459. The van der Waals surface area contributed by atoms with Gasteiger partial charge in [-0.1, -0.05) is 19.6 Å². The molecule has 0 bridgehead atoms. The molecule has 0 saturated carbocycles. The van der Waals surface area contributed by atoms with Crippen LogP contribution in [0, 0.1) is 0 Å². The minimum atomic E-state index is -1.21. The van der Waals surface area contributed by atoms with Gasteiger partial charge in [-0.3, -0.25) is 14.5 Å². The van der Waals surface area contributed by atoms with E-state index in [0.717, 1.165) is 6.04 Å². The first kappa shape index (κ1) is 17.1. The van der Waals surface area contributed by atoms with E-state index in [2.05, 4.69) is 19.6 Å². The molecule has 1 N–H and O–H groups in total. The molecule has 5 nitrogen and oxygen atoms in total. The van der Waals surface area contributed by atoms with E-state index in [1.807, 2.05) is 0 Å². The lowest BCUT2D eigenvalue weighted by Crippen LogP contribution is -2.38. The number of carbonyl (C=O) groups is 2. The lowest BCUT2D eigenvalue weighted by Gasteiger charge is -2.23. The van der Waals surface area contributed by atoms with Crippen molar-refractivity contribution in [2.24, 2.45) is 0 Å². The highest BCUT2D eigenvalue weighted by molar-refractivity contribution is 6.76. The molecule has 0 rings (SSSR count). The van der Waals surface area contributed by atoms with Crippen molar-refractivity contribution in [3.05, 3.63) is 0 Å². The van der Waals surface area contributed by atoms with Gasteiger partial charge in [-0.15, -0.1) is 0 Å². The van der Waals surface area contributed by atoms with Crippen LogP contribution < -0.4 is 0 Å². The largest absolute Gasteiger partial charge is 0.481 e. The molecular formula is C12H25NO4Si. The Kier molecular flexibility index (Phi) is 7.16. The third-order valence-corrected chi connectivity index (χ3v) is 4.33. The molecule has 0 aromatic rings. The predicted octanol–water partition coefficient (Wildman–Crippen LogP) is 1.66. The molecule has 6 heteroatoms. The van der Waals surface area contributed by atoms with E-state index in [9.17, 15) is 9.59 Å². The second-order valence-corrected chi connectivity index (χ2v) is 11.5. The van der Waals surface area contributed by atoms with Crippen LogP contribution in [0.5, 0.6) is 0 Å². The quantitative estimate of drug-likeness (QED) is 0.539. The van der Waals surface area contributed by atoms with E-state index in [0.29, 0.717) is 6.61 Å². The lowest BCUT2D eigenvalue weighted by molar-refractivity contribution is -0.149. The Morgan fingerprint density at radius 3 is 2.22 bits per heavy atom. The van der Waals surface area contributed by atoms with Gasteiger partial charge in [-0.05, 0) is 26.6 Å². The van der Waals surface area contributed by atoms with Crippen LogP contribution in [-0.4, -0.2) is 56.8 Å². The summed E-state index contributed by atoms with van der Waals surface area (Å²) in [5, 5.41) is 8.64. The summed E-state index contributed by atoms with van der Waals surface area (Å²) in [7, 11) is 2.31. The zero-order chi connectivity index (χ0) is 14.3. The molecule has 106 valence electrons. The summed E-state index contributed by atoms with van der Waals surface area (Å²) < 4.78 is 5.23. The Morgan fingerprint density at radius 2 is 1.83 bits per heavy atom. The van der Waals surface area contributed by atoms with E-state index >= 15 is 0 Å². The molecule has 0 unspecified atom stereocenters. The standard InChI is InChI=1S/C12H25NO4Si/c1-13(2)10(6-7-11(14)15)12(16)17-8-9-18(3,4)5/h10H,6-9H2,1-5H3,(H,14,15)/t10-/m0/s1. The Morgan fingerprint density at radius 1 is 1.28 bits per heavy atom. The number of carbonyl (C=O) groups excluding carboxylic acids is 1. The van der Waals surface area contributed by atoms with Gasteiger partial charge >= 0.3 is 11.9 Å². The normalized spacial score (nSPS) is 13.4. The third-order valence-electron chi connectivity index (χ3n) is 2.62. The van der Waals surface area contributed by atoms with E-state index in [-0.39, 0.29) is 18.8 Å². The average Bonchev–Trinajstić information content (AvgIpc) is 2.14. The van der Waals surface area contributed by atoms with Crippen LogP contribution in [0.25, 0.3) is 0 Å². The number of likely N-dealkylation sites (N-methyl/N-ethyl adjacent to an activating group) is 1.